The van der Waals surface area contributed by atoms with Crippen LogP contribution in [-0.2, 0) is 4.74 Å². The first-order valence-corrected chi connectivity index (χ1v) is 9.35. The van der Waals surface area contributed by atoms with Crippen molar-refractivity contribution in [3.05, 3.63) is 47.0 Å². The van der Waals surface area contributed by atoms with Gasteiger partial charge >= 0.3 is 0 Å². The maximum Gasteiger partial charge on any atom is 0.231 e. The minimum atomic E-state index is -0.117. The van der Waals surface area contributed by atoms with E-state index in [0.717, 1.165) is 35.0 Å². The van der Waals surface area contributed by atoms with Gasteiger partial charge in [-0.3, -0.25) is 0 Å². The Bertz CT molecular complexity index is 877. The lowest BCUT2D eigenvalue weighted by Gasteiger charge is -2.41. The molecule has 6 rings (SSSR count). The van der Waals surface area contributed by atoms with E-state index in [9.17, 15) is 0 Å². The second-order valence-electron chi connectivity index (χ2n) is 7.39. The van der Waals surface area contributed by atoms with Crippen molar-refractivity contribution < 1.29 is 23.7 Å². The summed E-state index contributed by atoms with van der Waals surface area (Å²) in [4.78, 5) is 0. The Balaban J connectivity index is 1.49. The number of fused-ring (bicyclic) bond motifs is 5. The maximum atomic E-state index is 6.63. The molecule has 0 saturated heterocycles. The molecule has 3 heterocycles. The van der Waals surface area contributed by atoms with Gasteiger partial charge in [-0.15, -0.1) is 0 Å². The molecular weight excluding hydrogens is 332 g/mol. The van der Waals surface area contributed by atoms with E-state index in [4.69, 9.17) is 23.7 Å². The summed E-state index contributed by atoms with van der Waals surface area (Å²) < 4.78 is 28.9. The van der Waals surface area contributed by atoms with Crippen LogP contribution in [0.25, 0.3) is 0 Å². The predicted octanol–water partition coefficient (Wildman–Crippen LogP) is 4.29. The van der Waals surface area contributed by atoms with Gasteiger partial charge in [0.05, 0.1) is 6.10 Å². The Morgan fingerprint density at radius 2 is 1.38 bits per heavy atom. The topological polar surface area (TPSA) is 46.2 Å². The van der Waals surface area contributed by atoms with E-state index in [1.165, 1.54) is 30.4 Å². The average Bonchev–Trinajstić information content (AvgIpc) is 3.33. The molecule has 3 atom stereocenters. The molecule has 0 bridgehead atoms. The molecule has 134 valence electrons. The molecule has 0 N–H and O–H groups in total. The molecule has 0 amide bonds. The molecule has 1 fully saturated rings. The Morgan fingerprint density at radius 3 is 2.23 bits per heavy atom. The molecule has 0 spiro atoms. The highest BCUT2D eigenvalue weighted by atomic mass is 16.7. The lowest BCUT2D eigenvalue weighted by atomic mass is 9.76. The van der Waals surface area contributed by atoms with E-state index in [1.807, 2.05) is 12.1 Å². The number of benzene rings is 2. The monoisotopic (exact) mass is 352 g/mol. The minimum Gasteiger partial charge on any atom is -0.454 e. The smallest absolute Gasteiger partial charge is 0.231 e. The third-order valence-electron chi connectivity index (χ3n) is 5.97. The van der Waals surface area contributed by atoms with Crippen molar-refractivity contribution in [1.82, 2.24) is 0 Å². The minimum absolute atomic E-state index is 0.117. The van der Waals surface area contributed by atoms with Crippen LogP contribution in [0, 0.1) is 0 Å². The lowest BCUT2D eigenvalue weighted by molar-refractivity contribution is -0.0390. The van der Waals surface area contributed by atoms with E-state index in [-0.39, 0.29) is 19.0 Å². The first-order chi connectivity index (χ1) is 12.9. The summed E-state index contributed by atoms with van der Waals surface area (Å²) in [5, 5.41) is 0. The van der Waals surface area contributed by atoms with Crippen LogP contribution in [0.2, 0.25) is 0 Å². The number of hydrogen-bond donors (Lipinski definition) is 0. The van der Waals surface area contributed by atoms with Crippen LogP contribution >= 0.6 is 0 Å². The molecule has 5 nitrogen and oxygen atoms in total. The first-order valence-electron chi connectivity index (χ1n) is 9.35. The molecule has 2 aromatic carbocycles. The van der Waals surface area contributed by atoms with Crippen molar-refractivity contribution >= 4 is 0 Å². The highest BCUT2D eigenvalue weighted by Gasteiger charge is 2.39. The Kier molecular flexibility index (Phi) is 3.14. The van der Waals surface area contributed by atoms with Gasteiger partial charge in [0.2, 0.25) is 13.6 Å². The van der Waals surface area contributed by atoms with Gasteiger partial charge in [0.25, 0.3) is 0 Å². The van der Waals surface area contributed by atoms with Crippen LogP contribution in [0.15, 0.2) is 30.3 Å². The SMILES string of the molecule is c1cc2c(cc1[C@H]1O[C@@H]3CCCC[C@@H]3c3cc4c(cc31)OCO4)OCO2. The third kappa shape index (κ3) is 2.13. The fourth-order valence-electron chi connectivity index (χ4n) is 4.72. The Morgan fingerprint density at radius 1 is 0.692 bits per heavy atom. The van der Waals surface area contributed by atoms with Gasteiger partial charge in [0.15, 0.2) is 23.0 Å². The van der Waals surface area contributed by atoms with Crippen molar-refractivity contribution in [2.75, 3.05) is 13.6 Å². The summed E-state index contributed by atoms with van der Waals surface area (Å²) in [6.07, 6.45) is 4.91. The molecule has 4 aliphatic rings. The summed E-state index contributed by atoms with van der Waals surface area (Å²) in [7, 11) is 0. The summed E-state index contributed by atoms with van der Waals surface area (Å²) >= 11 is 0. The van der Waals surface area contributed by atoms with E-state index >= 15 is 0 Å². The zero-order chi connectivity index (χ0) is 17.1. The normalized spacial score (nSPS) is 27.8. The lowest BCUT2D eigenvalue weighted by Crippen LogP contribution is -2.33. The van der Waals surface area contributed by atoms with Gasteiger partial charge in [-0.25, -0.2) is 0 Å². The van der Waals surface area contributed by atoms with Crippen molar-refractivity contribution in [2.45, 2.75) is 43.8 Å². The van der Waals surface area contributed by atoms with Crippen LogP contribution in [-0.4, -0.2) is 19.7 Å². The van der Waals surface area contributed by atoms with Crippen molar-refractivity contribution in [3.8, 4) is 23.0 Å². The summed E-state index contributed by atoms with van der Waals surface area (Å²) in [5.74, 6) is 3.70. The van der Waals surface area contributed by atoms with Gasteiger partial charge in [0.1, 0.15) is 6.10 Å². The standard InChI is InChI=1S/C21H20O5/c1-2-4-16-13(3-1)14-8-19-20(25-11-24-19)9-15(14)21(26-16)12-5-6-17-18(7-12)23-10-22-17/h5-9,13,16,21H,1-4,10-11H2/t13-,16-,21-/m1/s1. The zero-order valence-electron chi connectivity index (χ0n) is 14.4. The molecule has 0 unspecified atom stereocenters. The second kappa shape index (κ2) is 5.55. The first kappa shape index (κ1) is 14.7. The Hall–Kier alpha value is -2.40. The largest absolute Gasteiger partial charge is 0.454 e. The molecule has 1 aliphatic carbocycles. The Labute approximate surface area is 151 Å². The fraction of sp³-hybridized carbons (Fsp3) is 0.429. The molecule has 26 heavy (non-hydrogen) atoms. The van der Waals surface area contributed by atoms with Gasteiger partial charge in [-0.1, -0.05) is 18.9 Å². The molecule has 0 aromatic heterocycles. The van der Waals surface area contributed by atoms with Crippen LogP contribution < -0.4 is 18.9 Å². The van der Waals surface area contributed by atoms with Crippen LogP contribution in [0.1, 0.15) is 54.4 Å². The number of hydrogen-bond acceptors (Lipinski definition) is 5. The summed E-state index contributed by atoms with van der Waals surface area (Å²) in [6, 6.07) is 10.4. The van der Waals surface area contributed by atoms with E-state index in [1.54, 1.807) is 0 Å². The van der Waals surface area contributed by atoms with Gasteiger partial charge in [0, 0.05) is 5.92 Å². The molecule has 0 radical (unpaired) electrons. The van der Waals surface area contributed by atoms with Crippen molar-refractivity contribution in [1.29, 1.82) is 0 Å². The molecule has 1 saturated carbocycles. The second-order valence-corrected chi connectivity index (χ2v) is 7.39. The zero-order valence-corrected chi connectivity index (χ0v) is 14.4. The van der Waals surface area contributed by atoms with Gasteiger partial charge < -0.3 is 23.7 Å². The highest BCUT2D eigenvalue weighted by Crippen LogP contribution is 2.51. The molecule has 2 aromatic rings. The van der Waals surface area contributed by atoms with Gasteiger partial charge in [-0.05, 0) is 53.8 Å². The van der Waals surface area contributed by atoms with E-state index in [0.29, 0.717) is 12.7 Å². The predicted molar refractivity (Wildman–Crippen MR) is 93.1 cm³/mol. The van der Waals surface area contributed by atoms with Crippen molar-refractivity contribution in [2.24, 2.45) is 0 Å². The number of rotatable bonds is 1. The third-order valence-corrected chi connectivity index (χ3v) is 5.97. The molecule has 5 heteroatoms. The van der Waals surface area contributed by atoms with E-state index < -0.39 is 0 Å². The van der Waals surface area contributed by atoms with Crippen molar-refractivity contribution in [3.63, 3.8) is 0 Å². The van der Waals surface area contributed by atoms with E-state index in [2.05, 4.69) is 18.2 Å². The molecular formula is C21H20O5. The fourth-order valence-corrected chi connectivity index (χ4v) is 4.72. The van der Waals surface area contributed by atoms with Gasteiger partial charge in [-0.2, -0.15) is 0 Å². The molecule has 3 aliphatic heterocycles. The van der Waals surface area contributed by atoms with Crippen LogP contribution in [0.3, 0.4) is 0 Å². The summed E-state index contributed by atoms with van der Waals surface area (Å²) in [6.45, 7) is 0.576. The maximum absolute atomic E-state index is 6.63. The highest BCUT2D eigenvalue weighted by molar-refractivity contribution is 5.55. The quantitative estimate of drug-likeness (QED) is 0.766. The van der Waals surface area contributed by atoms with Crippen LogP contribution in [0.4, 0.5) is 0 Å². The number of ether oxygens (including phenoxy) is 5. The summed E-state index contributed by atoms with van der Waals surface area (Å²) in [5.41, 5.74) is 3.64. The van der Waals surface area contributed by atoms with Crippen LogP contribution in [0.5, 0.6) is 23.0 Å². The average molecular weight is 352 g/mol.